The first-order valence-electron chi connectivity index (χ1n) is 4.31. The lowest BCUT2D eigenvalue weighted by atomic mass is 9.89. The van der Waals surface area contributed by atoms with Gasteiger partial charge in [-0.15, -0.1) is 11.3 Å². The third-order valence-electron chi connectivity index (χ3n) is 2.26. The molecule has 0 saturated carbocycles. The first-order chi connectivity index (χ1) is 7.03. The number of hydrogen-bond acceptors (Lipinski definition) is 5. The summed E-state index contributed by atoms with van der Waals surface area (Å²) in [6.07, 6.45) is 1.38. The summed E-state index contributed by atoms with van der Waals surface area (Å²) >= 11 is 1.37. The number of carbonyl (C=O) groups is 1. The molecule has 0 spiro atoms. The minimum Gasteiger partial charge on any atom is -0.481 e. The van der Waals surface area contributed by atoms with E-state index in [2.05, 4.69) is 15.0 Å². The van der Waals surface area contributed by atoms with Crippen LogP contribution in [-0.2, 0) is 10.2 Å². The molecule has 0 saturated heterocycles. The summed E-state index contributed by atoms with van der Waals surface area (Å²) in [7, 11) is 0. The lowest BCUT2D eigenvalue weighted by molar-refractivity contribution is -0.142. The fraction of sp³-hybridized carbons (Fsp3) is 0.333. The molecule has 0 bridgehead atoms. The highest BCUT2D eigenvalue weighted by atomic mass is 32.1. The smallest absolute Gasteiger partial charge is 0.315 e. The van der Waals surface area contributed by atoms with E-state index in [1.54, 1.807) is 19.4 Å². The van der Waals surface area contributed by atoms with Crippen molar-refractivity contribution in [2.75, 3.05) is 0 Å². The first kappa shape index (κ1) is 9.97. The van der Waals surface area contributed by atoms with Crippen LogP contribution >= 0.6 is 11.3 Å². The Bertz CT molecular complexity index is 521. The topological polar surface area (TPSA) is 76.0 Å². The van der Waals surface area contributed by atoms with Gasteiger partial charge in [-0.2, -0.15) is 0 Å². The average molecular weight is 223 g/mol. The van der Waals surface area contributed by atoms with Crippen LogP contribution < -0.4 is 0 Å². The number of hydrogen-bond donors (Lipinski definition) is 1. The van der Waals surface area contributed by atoms with Gasteiger partial charge in [-0.1, -0.05) is 0 Å². The molecule has 0 amide bonds. The van der Waals surface area contributed by atoms with E-state index in [9.17, 15) is 4.79 Å². The zero-order valence-electron chi connectivity index (χ0n) is 8.26. The van der Waals surface area contributed by atoms with Crippen LogP contribution in [0, 0.1) is 0 Å². The molecule has 78 valence electrons. The Hall–Kier alpha value is -1.56. The van der Waals surface area contributed by atoms with Crippen LogP contribution in [0.5, 0.6) is 0 Å². The van der Waals surface area contributed by atoms with Gasteiger partial charge in [0.25, 0.3) is 0 Å². The van der Waals surface area contributed by atoms with Gasteiger partial charge < -0.3 is 5.11 Å². The Morgan fingerprint density at radius 2 is 2.13 bits per heavy atom. The minimum absolute atomic E-state index is 0.459. The Kier molecular flexibility index (Phi) is 2.15. The second kappa shape index (κ2) is 3.23. The van der Waals surface area contributed by atoms with Crippen LogP contribution in [0.1, 0.15) is 19.5 Å². The van der Waals surface area contributed by atoms with Gasteiger partial charge in [0.1, 0.15) is 22.1 Å². The summed E-state index contributed by atoms with van der Waals surface area (Å²) in [4.78, 5) is 24.0. The fourth-order valence-electron chi connectivity index (χ4n) is 1.25. The maximum absolute atomic E-state index is 11.1. The maximum atomic E-state index is 11.1. The highest BCUT2D eigenvalue weighted by Gasteiger charge is 2.33. The van der Waals surface area contributed by atoms with Crippen molar-refractivity contribution in [3.05, 3.63) is 17.5 Å². The minimum atomic E-state index is -1.05. The Balaban J connectivity index is 2.71. The fourth-order valence-corrected chi connectivity index (χ4v) is 1.88. The molecule has 15 heavy (non-hydrogen) atoms. The van der Waals surface area contributed by atoms with E-state index in [1.807, 2.05) is 0 Å². The quantitative estimate of drug-likeness (QED) is 0.833. The highest BCUT2D eigenvalue weighted by Crippen LogP contribution is 2.28. The van der Waals surface area contributed by atoms with Crippen molar-refractivity contribution in [2.24, 2.45) is 0 Å². The molecule has 0 atom stereocenters. The first-order valence-corrected chi connectivity index (χ1v) is 5.19. The zero-order valence-corrected chi connectivity index (χ0v) is 9.08. The molecule has 0 radical (unpaired) electrons. The maximum Gasteiger partial charge on any atom is 0.315 e. The normalized spacial score (nSPS) is 11.9. The standard InChI is InChI=1S/C9H9N3O2S/c1-9(2,8(13)14)6-5-7(11-3-10-6)15-4-12-5/h3-4H,1-2H3,(H,13,14). The van der Waals surface area contributed by atoms with E-state index >= 15 is 0 Å². The molecule has 0 fully saturated rings. The summed E-state index contributed by atoms with van der Waals surface area (Å²) in [5, 5.41) is 9.11. The second-order valence-electron chi connectivity index (χ2n) is 3.66. The summed E-state index contributed by atoms with van der Waals surface area (Å²) in [6, 6.07) is 0. The molecule has 2 rings (SSSR count). The van der Waals surface area contributed by atoms with E-state index < -0.39 is 11.4 Å². The van der Waals surface area contributed by atoms with Crippen LogP contribution in [0.25, 0.3) is 10.3 Å². The van der Waals surface area contributed by atoms with Crippen molar-refractivity contribution in [3.63, 3.8) is 0 Å². The third-order valence-corrected chi connectivity index (χ3v) is 2.99. The van der Waals surface area contributed by atoms with E-state index in [1.165, 1.54) is 17.7 Å². The predicted octanol–water partition coefficient (Wildman–Crippen LogP) is 1.45. The molecule has 5 nitrogen and oxygen atoms in total. The summed E-state index contributed by atoms with van der Waals surface area (Å²) in [5.41, 5.74) is 1.63. The second-order valence-corrected chi connectivity index (χ2v) is 4.49. The van der Waals surface area contributed by atoms with Crippen molar-refractivity contribution in [1.29, 1.82) is 0 Å². The molecule has 2 aromatic rings. The molecule has 2 heterocycles. The zero-order chi connectivity index (χ0) is 11.1. The van der Waals surface area contributed by atoms with Crippen molar-refractivity contribution in [3.8, 4) is 0 Å². The molecule has 0 aliphatic rings. The van der Waals surface area contributed by atoms with E-state index in [-0.39, 0.29) is 0 Å². The van der Waals surface area contributed by atoms with Crippen molar-refractivity contribution < 1.29 is 9.90 Å². The highest BCUT2D eigenvalue weighted by molar-refractivity contribution is 7.16. The summed E-state index contributed by atoms with van der Waals surface area (Å²) in [5.74, 6) is -0.921. The van der Waals surface area contributed by atoms with Crippen molar-refractivity contribution >= 4 is 27.7 Å². The molecule has 0 aromatic carbocycles. The number of nitrogens with zero attached hydrogens (tertiary/aromatic N) is 3. The van der Waals surface area contributed by atoms with Crippen LogP contribution in [0.15, 0.2) is 11.8 Å². The van der Waals surface area contributed by atoms with Gasteiger partial charge in [-0.05, 0) is 13.8 Å². The lowest BCUT2D eigenvalue weighted by Crippen LogP contribution is -2.30. The summed E-state index contributed by atoms with van der Waals surface area (Å²) in [6.45, 7) is 3.22. The van der Waals surface area contributed by atoms with Crippen LogP contribution in [-0.4, -0.2) is 26.0 Å². The van der Waals surface area contributed by atoms with Crippen LogP contribution in [0.2, 0.25) is 0 Å². The van der Waals surface area contributed by atoms with Crippen molar-refractivity contribution in [1.82, 2.24) is 15.0 Å². The lowest BCUT2D eigenvalue weighted by Gasteiger charge is -2.17. The van der Waals surface area contributed by atoms with Gasteiger partial charge in [-0.3, -0.25) is 4.79 Å². The van der Waals surface area contributed by atoms with E-state index in [0.717, 1.165) is 0 Å². The van der Waals surface area contributed by atoms with Gasteiger partial charge in [0.2, 0.25) is 0 Å². The molecule has 1 N–H and O–H groups in total. The largest absolute Gasteiger partial charge is 0.481 e. The van der Waals surface area contributed by atoms with Gasteiger partial charge in [0, 0.05) is 0 Å². The van der Waals surface area contributed by atoms with Crippen LogP contribution in [0.3, 0.4) is 0 Å². The molecule has 0 unspecified atom stereocenters. The van der Waals surface area contributed by atoms with E-state index in [0.29, 0.717) is 16.0 Å². The summed E-state index contributed by atoms with van der Waals surface area (Å²) < 4.78 is 0. The molecule has 0 aliphatic heterocycles. The monoisotopic (exact) mass is 223 g/mol. The SMILES string of the molecule is CC(C)(C(=O)O)c1ncnc2scnc12. The molecular formula is C9H9N3O2S. The Morgan fingerprint density at radius 1 is 1.40 bits per heavy atom. The Labute approximate surface area is 89.8 Å². The molecular weight excluding hydrogens is 214 g/mol. The number of carboxylic acids is 1. The molecule has 2 aromatic heterocycles. The molecule has 6 heteroatoms. The number of carboxylic acid groups (broad SMARTS) is 1. The van der Waals surface area contributed by atoms with Gasteiger partial charge in [0.15, 0.2) is 0 Å². The third kappa shape index (κ3) is 1.46. The van der Waals surface area contributed by atoms with Crippen LogP contribution in [0.4, 0.5) is 0 Å². The number of rotatable bonds is 2. The van der Waals surface area contributed by atoms with Gasteiger partial charge >= 0.3 is 5.97 Å². The van der Waals surface area contributed by atoms with Gasteiger partial charge in [0.05, 0.1) is 11.2 Å². The van der Waals surface area contributed by atoms with E-state index in [4.69, 9.17) is 5.11 Å². The molecule has 0 aliphatic carbocycles. The number of thiazole rings is 1. The number of aromatic nitrogens is 3. The van der Waals surface area contributed by atoms with Gasteiger partial charge in [-0.25, -0.2) is 15.0 Å². The predicted molar refractivity (Wildman–Crippen MR) is 55.9 cm³/mol. The number of fused-ring (bicyclic) bond motifs is 1. The van der Waals surface area contributed by atoms with Crippen molar-refractivity contribution in [2.45, 2.75) is 19.3 Å². The number of aliphatic carboxylic acids is 1. The Morgan fingerprint density at radius 3 is 2.80 bits per heavy atom. The average Bonchev–Trinajstić information content (AvgIpc) is 2.64.